The van der Waals surface area contributed by atoms with Crippen molar-refractivity contribution in [3.8, 4) is 5.75 Å². The zero-order valence-corrected chi connectivity index (χ0v) is 10.7. The summed E-state index contributed by atoms with van der Waals surface area (Å²) in [4.78, 5) is 10.9. The van der Waals surface area contributed by atoms with E-state index in [2.05, 4.69) is 15.9 Å². The monoisotopic (exact) mass is 287 g/mol. The average molecular weight is 288 g/mol. The number of carbonyl (C=O) groups is 1. The van der Waals surface area contributed by atoms with Gasteiger partial charge in [-0.25, -0.2) is 0 Å². The standard InChI is InChI=1S/C11H14BrNO3/c1-11(2,10(14)15)6-16-9-7(12)4-3-5-8(9)13/h3-5H,6,13H2,1-2H3,(H,14,15). The molecular formula is C11H14BrNO3. The number of hydrogen-bond donors (Lipinski definition) is 2. The van der Waals surface area contributed by atoms with Gasteiger partial charge in [0.1, 0.15) is 6.61 Å². The highest BCUT2D eigenvalue weighted by Crippen LogP contribution is 2.32. The zero-order chi connectivity index (χ0) is 12.3. The first kappa shape index (κ1) is 12.8. The van der Waals surface area contributed by atoms with E-state index in [0.717, 1.165) is 0 Å². The molecule has 0 aliphatic heterocycles. The van der Waals surface area contributed by atoms with Crippen molar-refractivity contribution >= 4 is 27.6 Å². The van der Waals surface area contributed by atoms with Crippen molar-refractivity contribution in [2.24, 2.45) is 5.41 Å². The highest BCUT2D eigenvalue weighted by Gasteiger charge is 2.28. The molecule has 3 N–H and O–H groups in total. The van der Waals surface area contributed by atoms with Crippen molar-refractivity contribution in [2.75, 3.05) is 12.3 Å². The van der Waals surface area contributed by atoms with Crippen molar-refractivity contribution in [1.82, 2.24) is 0 Å². The largest absolute Gasteiger partial charge is 0.489 e. The molecule has 0 spiro atoms. The molecule has 0 heterocycles. The first-order valence-electron chi connectivity index (χ1n) is 4.75. The van der Waals surface area contributed by atoms with Gasteiger partial charge in [-0.3, -0.25) is 4.79 Å². The third kappa shape index (κ3) is 2.88. The summed E-state index contributed by atoms with van der Waals surface area (Å²) in [5.74, 6) is -0.421. The summed E-state index contributed by atoms with van der Waals surface area (Å²) in [7, 11) is 0. The SMILES string of the molecule is CC(C)(COc1c(N)cccc1Br)C(=O)O. The van der Waals surface area contributed by atoms with Gasteiger partial charge in [-0.05, 0) is 41.9 Å². The minimum atomic E-state index is -0.943. The van der Waals surface area contributed by atoms with Crippen LogP contribution in [0, 0.1) is 5.41 Å². The number of benzene rings is 1. The maximum atomic E-state index is 10.9. The molecule has 0 aliphatic rings. The van der Waals surface area contributed by atoms with Crippen LogP contribution in [0.25, 0.3) is 0 Å². The number of hydrogen-bond acceptors (Lipinski definition) is 3. The van der Waals surface area contributed by atoms with Crippen molar-refractivity contribution < 1.29 is 14.6 Å². The predicted octanol–water partition coefficient (Wildman–Crippen LogP) is 2.52. The van der Waals surface area contributed by atoms with Crippen molar-refractivity contribution in [3.63, 3.8) is 0 Å². The van der Waals surface area contributed by atoms with Gasteiger partial charge >= 0.3 is 5.97 Å². The summed E-state index contributed by atoms with van der Waals surface area (Å²) in [6.07, 6.45) is 0. The molecule has 0 aromatic heterocycles. The van der Waals surface area contributed by atoms with E-state index in [0.29, 0.717) is 15.9 Å². The summed E-state index contributed by atoms with van der Waals surface area (Å²) in [5.41, 5.74) is 5.26. The van der Waals surface area contributed by atoms with Gasteiger partial charge < -0.3 is 15.6 Å². The van der Waals surface area contributed by atoms with E-state index in [9.17, 15) is 4.79 Å². The Bertz CT molecular complexity index is 384. The van der Waals surface area contributed by atoms with Crippen LogP contribution in [-0.2, 0) is 4.79 Å². The number of nitrogen functional groups attached to an aromatic ring is 1. The molecular weight excluding hydrogens is 274 g/mol. The summed E-state index contributed by atoms with van der Waals surface area (Å²) < 4.78 is 6.16. The molecule has 0 saturated heterocycles. The van der Waals surface area contributed by atoms with E-state index in [1.807, 2.05) is 0 Å². The molecule has 16 heavy (non-hydrogen) atoms. The number of carboxylic acid groups (broad SMARTS) is 1. The number of nitrogens with two attached hydrogens (primary N) is 1. The van der Waals surface area contributed by atoms with Crippen LogP contribution in [0.4, 0.5) is 5.69 Å². The Morgan fingerprint density at radius 3 is 2.69 bits per heavy atom. The Balaban J connectivity index is 2.79. The second-order valence-corrected chi connectivity index (χ2v) is 4.99. The number of ether oxygens (including phenoxy) is 1. The Kier molecular flexibility index (Phi) is 3.80. The van der Waals surface area contributed by atoms with Gasteiger partial charge in [-0.2, -0.15) is 0 Å². The molecule has 0 saturated carbocycles. The van der Waals surface area contributed by atoms with Crippen LogP contribution in [0.5, 0.6) is 5.75 Å². The fraction of sp³-hybridized carbons (Fsp3) is 0.364. The van der Waals surface area contributed by atoms with Crippen LogP contribution in [0.3, 0.4) is 0 Å². The van der Waals surface area contributed by atoms with Crippen molar-refractivity contribution in [3.05, 3.63) is 22.7 Å². The lowest BCUT2D eigenvalue weighted by atomic mass is 9.95. The van der Waals surface area contributed by atoms with Gasteiger partial charge in [-0.1, -0.05) is 6.07 Å². The summed E-state index contributed by atoms with van der Waals surface area (Å²) in [6.45, 7) is 3.26. The molecule has 0 bridgehead atoms. The second-order valence-electron chi connectivity index (χ2n) is 4.14. The van der Waals surface area contributed by atoms with Crippen molar-refractivity contribution in [1.29, 1.82) is 0 Å². The minimum Gasteiger partial charge on any atom is -0.489 e. The predicted molar refractivity (Wildman–Crippen MR) is 65.5 cm³/mol. The lowest BCUT2D eigenvalue weighted by molar-refractivity contribution is -0.148. The van der Waals surface area contributed by atoms with Gasteiger partial charge in [0, 0.05) is 0 Å². The molecule has 0 fully saturated rings. The summed E-state index contributed by atoms with van der Waals surface area (Å²) in [5, 5.41) is 8.93. The minimum absolute atomic E-state index is 0.0646. The highest BCUT2D eigenvalue weighted by molar-refractivity contribution is 9.10. The Labute approximate surface area is 103 Å². The maximum absolute atomic E-state index is 10.9. The maximum Gasteiger partial charge on any atom is 0.312 e. The molecule has 1 aromatic carbocycles. The molecule has 0 radical (unpaired) electrons. The van der Waals surface area contributed by atoms with Gasteiger partial charge in [0.25, 0.3) is 0 Å². The lowest BCUT2D eigenvalue weighted by Crippen LogP contribution is -2.30. The number of para-hydroxylation sites is 1. The molecule has 4 nitrogen and oxygen atoms in total. The molecule has 5 heteroatoms. The Hall–Kier alpha value is -1.23. The van der Waals surface area contributed by atoms with Crippen LogP contribution < -0.4 is 10.5 Å². The van der Waals surface area contributed by atoms with Crippen LogP contribution in [0.15, 0.2) is 22.7 Å². The van der Waals surface area contributed by atoms with Gasteiger partial charge in [0.2, 0.25) is 0 Å². The van der Waals surface area contributed by atoms with Gasteiger partial charge in [0.15, 0.2) is 5.75 Å². The topological polar surface area (TPSA) is 72.5 Å². The average Bonchev–Trinajstić information content (AvgIpc) is 2.16. The fourth-order valence-corrected chi connectivity index (χ4v) is 1.49. The lowest BCUT2D eigenvalue weighted by Gasteiger charge is -2.20. The molecule has 88 valence electrons. The normalized spacial score (nSPS) is 11.2. The number of anilines is 1. The molecule has 0 unspecified atom stereocenters. The Morgan fingerprint density at radius 1 is 1.56 bits per heavy atom. The molecule has 0 atom stereocenters. The molecule has 0 amide bonds. The third-order valence-corrected chi connectivity index (χ3v) is 2.78. The van der Waals surface area contributed by atoms with E-state index in [1.165, 1.54) is 0 Å². The second kappa shape index (κ2) is 4.74. The van der Waals surface area contributed by atoms with Gasteiger partial charge in [-0.15, -0.1) is 0 Å². The number of carboxylic acids is 1. The first-order valence-corrected chi connectivity index (χ1v) is 5.54. The Morgan fingerprint density at radius 2 is 2.19 bits per heavy atom. The van der Waals surface area contributed by atoms with Crippen LogP contribution in [-0.4, -0.2) is 17.7 Å². The highest BCUT2D eigenvalue weighted by atomic mass is 79.9. The van der Waals surface area contributed by atoms with Crippen LogP contribution in [0.1, 0.15) is 13.8 Å². The van der Waals surface area contributed by atoms with Crippen LogP contribution >= 0.6 is 15.9 Å². The summed E-state index contributed by atoms with van der Waals surface area (Å²) >= 11 is 3.30. The molecule has 0 aliphatic carbocycles. The van der Waals surface area contributed by atoms with Crippen LogP contribution in [0.2, 0.25) is 0 Å². The molecule has 1 aromatic rings. The first-order chi connectivity index (χ1) is 7.34. The van der Waals surface area contributed by atoms with E-state index < -0.39 is 11.4 Å². The number of aliphatic carboxylic acids is 1. The van der Waals surface area contributed by atoms with E-state index in [4.69, 9.17) is 15.6 Å². The fourth-order valence-electron chi connectivity index (χ4n) is 0.992. The number of rotatable bonds is 4. The van der Waals surface area contributed by atoms with Gasteiger partial charge in [0.05, 0.1) is 15.6 Å². The quantitative estimate of drug-likeness (QED) is 0.835. The third-order valence-electron chi connectivity index (χ3n) is 2.15. The van der Waals surface area contributed by atoms with E-state index in [-0.39, 0.29) is 6.61 Å². The van der Waals surface area contributed by atoms with E-state index >= 15 is 0 Å². The van der Waals surface area contributed by atoms with Crippen molar-refractivity contribution in [2.45, 2.75) is 13.8 Å². The number of halogens is 1. The summed E-state index contributed by atoms with van der Waals surface area (Å²) in [6, 6.07) is 5.28. The smallest absolute Gasteiger partial charge is 0.312 e. The molecule has 1 rings (SSSR count). The zero-order valence-electron chi connectivity index (χ0n) is 9.16. The van der Waals surface area contributed by atoms with E-state index in [1.54, 1.807) is 32.0 Å².